The average molecular weight is 334 g/mol. The minimum absolute atomic E-state index is 0.521. The molecule has 2 aromatic rings. The first-order chi connectivity index (χ1) is 9.54. The van der Waals surface area contributed by atoms with Gasteiger partial charge in [0.25, 0.3) is 0 Å². The van der Waals surface area contributed by atoms with Crippen LogP contribution in [0.5, 0.6) is 5.75 Å². The van der Waals surface area contributed by atoms with Crippen LogP contribution in [0.1, 0.15) is 31.4 Å². The molecule has 1 unspecified atom stereocenters. The summed E-state index contributed by atoms with van der Waals surface area (Å²) < 4.78 is 6.64. The second-order valence-electron chi connectivity index (χ2n) is 5.09. The Kier molecular flexibility index (Phi) is 4.84. The molecule has 0 aromatic heterocycles. The second-order valence-corrected chi connectivity index (χ2v) is 6.00. The molecule has 1 atom stereocenters. The van der Waals surface area contributed by atoms with Crippen molar-refractivity contribution in [1.29, 1.82) is 0 Å². The van der Waals surface area contributed by atoms with Gasteiger partial charge in [0.05, 0.1) is 12.1 Å². The van der Waals surface area contributed by atoms with Gasteiger partial charge in [-0.2, -0.15) is 0 Å². The van der Waals surface area contributed by atoms with Crippen molar-refractivity contribution in [2.24, 2.45) is 5.73 Å². The van der Waals surface area contributed by atoms with E-state index in [4.69, 9.17) is 10.5 Å². The first-order valence-electron chi connectivity index (χ1n) is 6.82. The zero-order chi connectivity index (χ0) is 14.6. The zero-order valence-corrected chi connectivity index (χ0v) is 13.5. The van der Waals surface area contributed by atoms with Gasteiger partial charge >= 0.3 is 0 Å². The molecule has 2 N–H and O–H groups in total. The minimum Gasteiger partial charge on any atom is -0.494 e. The summed E-state index contributed by atoms with van der Waals surface area (Å²) in [5, 5.41) is 0. The lowest BCUT2D eigenvalue weighted by Gasteiger charge is -2.26. The van der Waals surface area contributed by atoms with Gasteiger partial charge < -0.3 is 10.5 Å². The molecule has 20 heavy (non-hydrogen) atoms. The summed E-state index contributed by atoms with van der Waals surface area (Å²) in [4.78, 5) is 0. The average Bonchev–Trinajstić information content (AvgIpc) is 2.45. The van der Waals surface area contributed by atoms with Crippen LogP contribution >= 0.6 is 15.9 Å². The molecule has 106 valence electrons. The predicted octanol–water partition coefficient (Wildman–Crippen LogP) is 4.46. The van der Waals surface area contributed by atoms with Crippen molar-refractivity contribution in [3.63, 3.8) is 0 Å². The zero-order valence-electron chi connectivity index (χ0n) is 11.9. The normalized spacial score (nSPS) is 13.8. The summed E-state index contributed by atoms with van der Waals surface area (Å²) in [5.41, 5.74) is 8.14. The van der Waals surface area contributed by atoms with E-state index in [2.05, 4.69) is 28.9 Å². The van der Waals surface area contributed by atoms with Crippen LogP contribution < -0.4 is 10.5 Å². The Bertz CT molecular complexity index is 563. The molecule has 0 fully saturated rings. The van der Waals surface area contributed by atoms with Crippen molar-refractivity contribution in [2.75, 3.05) is 6.61 Å². The molecule has 2 aromatic carbocycles. The molecule has 0 bridgehead atoms. The molecule has 2 rings (SSSR count). The van der Waals surface area contributed by atoms with Gasteiger partial charge in [-0.15, -0.1) is 0 Å². The summed E-state index contributed by atoms with van der Waals surface area (Å²) in [6, 6.07) is 16.1. The third kappa shape index (κ3) is 3.41. The summed E-state index contributed by atoms with van der Waals surface area (Å²) in [6.07, 6.45) is 1.01. The molecule has 0 heterocycles. The molecule has 0 aliphatic rings. The maximum absolute atomic E-state index is 6.52. The first kappa shape index (κ1) is 15.1. The van der Waals surface area contributed by atoms with Crippen LogP contribution in [0.3, 0.4) is 0 Å². The molecule has 0 aliphatic carbocycles. The molecule has 0 amide bonds. The lowest BCUT2D eigenvalue weighted by atomic mass is 9.86. The van der Waals surface area contributed by atoms with E-state index < -0.39 is 5.54 Å². The number of nitrogens with two attached hydrogens (primary N) is 1. The maximum Gasteiger partial charge on any atom is 0.119 e. The van der Waals surface area contributed by atoms with Gasteiger partial charge in [-0.3, -0.25) is 0 Å². The number of halogens is 1. The lowest BCUT2D eigenvalue weighted by Crippen LogP contribution is -2.34. The smallest absolute Gasteiger partial charge is 0.119 e. The largest absolute Gasteiger partial charge is 0.494 e. The van der Waals surface area contributed by atoms with Crippen molar-refractivity contribution >= 4 is 15.9 Å². The van der Waals surface area contributed by atoms with Gasteiger partial charge in [0, 0.05) is 4.47 Å². The predicted molar refractivity (Wildman–Crippen MR) is 87.0 cm³/mol. The fraction of sp³-hybridized carbons (Fsp3) is 0.294. The third-order valence-corrected chi connectivity index (χ3v) is 3.84. The van der Waals surface area contributed by atoms with Crippen LogP contribution in [0.15, 0.2) is 53.0 Å². The highest BCUT2D eigenvalue weighted by atomic mass is 79.9. The molecule has 2 nitrogen and oxygen atoms in total. The molecular weight excluding hydrogens is 314 g/mol. The highest BCUT2D eigenvalue weighted by molar-refractivity contribution is 9.10. The van der Waals surface area contributed by atoms with E-state index >= 15 is 0 Å². The van der Waals surface area contributed by atoms with Gasteiger partial charge in [-0.1, -0.05) is 47.1 Å². The molecule has 0 saturated carbocycles. The SMILES string of the molecule is CCCOc1ccc(C(C)(N)c2cccc(Br)c2)cc1. The van der Waals surface area contributed by atoms with Crippen LogP contribution in [0.4, 0.5) is 0 Å². The summed E-state index contributed by atoms with van der Waals surface area (Å²) in [7, 11) is 0. The van der Waals surface area contributed by atoms with E-state index in [0.29, 0.717) is 0 Å². The van der Waals surface area contributed by atoms with E-state index in [1.807, 2.05) is 49.4 Å². The Morgan fingerprint density at radius 1 is 1.10 bits per heavy atom. The van der Waals surface area contributed by atoms with E-state index in [-0.39, 0.29) is 0 Å². The van der Waals surface area contributed by atoms with E-state index in [1.165, 1.54) is 0 Å². The van der Waals surface area contributed by atoms with Crippen molar-refractivity contribution in [2.45, 2.75) is 25.8 Å². The number of ether oxygens (including phenoxy) is 1. The van der Waals surface area contributed by atoms with Crippen LogP contribution in [0.25, 0.3) is 0 Å². The molecule has 0 spiro atoms. The van der Waals surface area contributed by atoms with Crippen molar-refractivity contribution in [3.8, 4) is 5.75 Å². The van der Waals surface area contributed by atoms with E-state index in [1.54, 1.807) is 0 Å². The molecular formula is C17H20BrNO. The second kappa shape index (κ2) is 6.42. The Morgan fingerprint density at radius 2 is 1.80 bits per heavy atom. The summed E-state index contributed by atoms with van der Waals surface area (Å²) >= 11 is 3.49. The summed E-state index contributed by atoms with van der Waals surface area (Å²) in [6.45, 7) is 4.86. The van der Waals surface area contributed by atoms with Gasteiger partial charge in [0.2, 0.25) is 0 Å². The van der Waals surface area contributed by atoms with Crippen molar-refractivity contribution in [3.05, 3.63) is 64.1 Å². The maximum atomic E-state index is 6.52. The number of hydrogen-bond donors (Lipinski definition) is 1. The monoisotopic (exact) mass is 333 g/mol. The molecule has 0 aliphatic heterocycles. The van der Waals surface area contributed by atoms with E-state index in [0.717, 1.165) is 34.4 Å². The summed E-state index contributed by atoms with van der Waals surface area (Å²) in [5.74, 6) is 0.889. The highest BCUT2D eigenvalue weighted by Gasteiger charge is 2.23. The number of benzene rings is 2. The Balaban J connectivity index is 2.25. The third-order valence-electron chi connectivity index (χ3n) is 3.35. The lowest BCUT2D eigenvalue weighted by molar-refractivity contribution is 0.317. The highest BCUT2D eigenvalue weighted by Crippen LogP contribution is 2.29. The number of rotatable bonds is 5. The Labute approximate surface area is 129 Å². The van der Waals surface area contributed by atoms with Gasteiger partial charge in [0.1, 0.15) is 5.75 Å². The van der Waals surface area contributed by atoms with Crippen LogP contribution in [0, 0.1) is 0 Å². The van der Waals surface area contributed by atoms with Gasteiger partial charge in [0.15, 0.2) is 0 Å². The fourth-order valence-electron chi connectivity index (χ4n) is 2.10. The number of hydrogen-bond acceptors (Lipinski definition) is 2. The Morgan fingerprint density at radius 3 is 2.40 bits per heavy atom. The Hall–Kier alpha value is -1.32. The standard InChI is InChI=1S/C17H20BrNO/c1-3-11-20-16-9-7-13(8-10-16)17(2,19)14-5-4-6-15(18)12-14/h4-10,12H,3,11,19H2,1-2H3. The van der Waals surface area contributed by atoms with Crippen LogP contribution in [-0.2, 0) is 5.54 Å². The fourth-order valence-corrected chi connectivity index (χ4v) is 2.49. The van der Waals surface area contributed by atoms with Crippen molar-refractivity contribution in [1.82, 2.24) is 0 Å². The first-order valence-corrected chi connectivity index (χ1v) is 7.61. The van der Waals surface area contributed by atoms with Crippen molar-refractivity contribution < 1.29 is 4.74 Å². The molecule has 0 radical (unpaired) electrons. The topological polar surface area (TPSA) is 35.2 Å². The quantitative estimate of drug-likeness (QED) is 0.876. The van der Waals surface area contributed by atoms with Gasteiger partial charge in [-0.05, 0) is 48.7 Å². The van der Waals surface area contributed by atoms with Crippen LogP contribution in [0.2, 0.25) is 0 Å². The molecule has 3 heteroatoms. The minimum atomic E-state index is -0.521. The molecule has 0 saturated heterocycles. The van der Waals surface area contributed by atoms with Gasteiger partial charge in [-0.25, -0.2) is 0 Å². The van der Waals surface area contributed by atoms with E-state index in [9.17, 15) is 0 Å². The van der Waals surface area contributed by atoms with Crippen LogP contribution in [-0.4, -0.2) is 6.61 Å².